The zero-order chi connectivity index (χ0) is 25.4. The number of rotatable bonds is 11. The molecule has 0 saturated carbocycles. The van der Waals surface area contributed by atoms with E-state index in [1.165, 1.54) is 12.1 Å². The summed E-state index contributed by atoms with van der Waals surface area (Å²) >= 11 is 4.09. The molecule has 9 heteroatoms. The normalized spacial score (nSPS) is 12.7. The summed E-state index contributed by atoms with van der Waals surface area (Å²) in [7, 11) is 0. The van der Waals surface area contributed by atoms with Crippen molar-refractivity contribution in [3.63, 3.8) is 0 Å². The van der Waals surface area contributed by atoms with Crippen molar-refractivity contribution in [2.24, 2.45) is 5.92 Å². The Hall–Kier alpha value is -2.38. The zero-order valence-corrected chi connectivity index (χ0v) is 23.2. The smallest absolute Gasteiger partial charge is 0.316 e. The van der Waals surface area contributed by atoms with Crippen molar-refractivity contribution in [2.45, 2.75) is 25.8 Å². The number of hydrogen-bond donors (Lipinski definition) is 2. The van der Waals surface area contributed by atoms with Gasteiger partial charge in [0, 0.05) is 45.7 Å². The molecule has 0 radical (unpaired) electrons. The Labute approximate surface area is 232 Å². The van der Waals surface area contributed by atoms with E-state index in [9.17, 15) is 19.8 Å². The fourth-order valence-electron chi connectivity index (χ4n) is 3.48. The molecule has 0 aliphatic carbocycles. The van der Waals surface area contributed by atoms with Crippen LogP contribution in [0.2, 0.25) is 0 Å². The highest BCUT2D eigenvalue weighted by Crippen LogP contribution is 2.27. The van der Waals surface area contributed by atoms with Gasteiger partial charge in [0.25, 0.3) is 0 Å². The van der Waals surface area contributed by atoms with E-state index in [1.807, 2.05) is 57.9 Å². The topological polar surface area (TPSA) is 96.3 Å². The first kappa shape index (κ1) is 27.2. The Morgan fingerprint density at radius 2 is 1.26 bits per heavy atom. The summed E-state index contributed by atoms with van der Waals surface area (Å²) in [6, 6.07) is 19.7. The van der Waals surface area contributed by atoms with Gasteiger partial charge < -0.3 is 19.7 Å². The Kier molecular flexibility index (Phi) is 10.2. The summed E-state index contributed by atoms with van der Waals surface area (Å²) < 4.78 is 12.8. The van der Waals surface area contributed by atoms with Gasteiger partial charge in [-0.25, -0.2) is 0 Å². The lowest BCUT2D eigenvalue weighted by atomic mass is 9.89. The molecule has 0 bridgehead atoms. The molecule has 3 aromatic carbocycles. The summed E-state index contributed by atoms with van der Waals surface area (Å²) in [5.74, 6) is -0.266. The number of phenolic OH excluding ortho intramolecular Hbond substituents is 2. The molecule has 7 nitrogen and oxygen atoms in total. The molecule has 184 valence electrons. The second-order valence-corrected chi connectivity index (χ2v) is 11.7. The van der Waals surface area contributed by atoms with E-state index in [1.54, 1.807) is 56.8 Å². The predicted octanol–water partition coefficient (Wildman–Crippen LogP) is 5.79. The van der Waals surface area contributed by atoms with Gasteiger partial charge >= 0.3 is 5.97 Å². The molecule has 3 rings (SSSR count). The maximum absolute atomic E-state index is 13.6. The average Bonchev–Trinajstić information content (AvgIpc) is 2.84. The Morgan fingerprint density at radius 1 is 0.800 bits per heavy atom. The standard InChI is InChI=1S/C26H25I2NO6/c1-2-34-26(33)23(25(32)24(29(27)28)16-18-3-7-19(30)8-4-18)15-17-5-11-21(12-6-17)35-22-13-9-20(31)10-14-22/h3-14,23-24,30-31H,2,15-16H2,1H3/t23-,24+/m1/s1. The van der Waals surface area contributed by atoms with Gasteiger partial charge in [-0.05, 0) is 79.4 Å². The van der Waals surface area contributed by atoms with Crippen LogP contribution < -0.4 is 4.74 Å². The number of halogens is 2. The lowest BCUT2D eigenvalue weighted by Crippen LogP contribution is -2.41. The van der Waals surface area contributed by atoms with Gasteiger partial charge in [-0.3, -0.25) is 9.59 Å². The number of nitrogens with zero attached hydrogens (tertiary/aromatic N) is 1. The lowest BCUT2D eigenvalue weighted by Gasteiger charge is -2.24. The van der Waals surface area contributed by atoms with Gasteiger partial charge in [0.05, 0.1) is 12.6 Å². The number of carbonyl (C=O) groups excluding carboxylic acids is 2. The molecule has 3 aromatic rings. The van der Waals surface area contributed by atoms with Crippen molar-refractivity contribution in [1.29, 1.82) is 0 Å². The zero-order valence-electron chi connectivity index (χ0n) is 18.9. The first-order valence-electron chi connectivity index (χ1n) is 10.9. The van der Waals surface area contributed by atoms with E-state index in [2.05, 4.69) is 0 Å². The monoisotopic (exact) mass is 701 g/mol. The van der Waals surface area contributed by atoms with Crippen molar-refractivity contribution in [2.75, 3.05) is 6.61 Å². The number of esters is 1. The number of ketones is 1. The fraction of sp³-hybridized carbons (Fsp3) is 0.231. The summed E-state index contributed by atoms with van der Waals surface area (Å²) in [5, 5.41) is 18.9. The predicted molar refractivity (Wildman–Crippen MR) is 149 cm³/mol. The largest absolute Gasteiger partial charge is 0.508 e. The SMILES string of the molecule is CCOC(=O)[C@H](Cc1ccc(Oc2ccc(O)cc2)cc1)C(=O)[C@H](Cc1ccc(O)cc1)N(I)I. The Balaban J connectivity index is 1.76. The maximum atomic E-state index is 13.6. The van der Waals surface area contributed by atoms with Crippen LogP contribution in [-0.2, 0) is 27.2 Å². The number of ether oxygens (including phenoxy) is 2. The van der Waals surface area contributed by atoms with Crippen LogP contribution >= 0.6 is 45.7 Å². The highest BCUT2D eigenvalue weighted by Gasteiger charge is 2.36. The van der Waals surface area contributed by atoms with Crippen molar-refractivity contribution in [3.8, 4) is 23.0 Å². The summed E-state index contributed by atoms with van der Waals surface area (Å²) in [5.41, 5.74) is 1.67. The lowest BCUT2D eigenvalue weighted by molar-refractivity contribution is -0.152. The molecule has 0 aliphatic rings. The Bertz CT molecular complexity index is 1120. The molecule has 2 N–H and O–H groups in total. The van der Waals surface area contributed by atoms with Crippen molar-refractivity contribution >= 4 is 57.5 Å². The third-order valence-electron chi connectivity index (χ3n) is 5.28. The molecule has 0 heterocycles. The molecule has 0 fully saturated rings. The fourth-order valence-corrected chi connectivity index (χ4v) is 4.42. The first-order valence-corrected chi connectivity index (χ1v) is 12.8. The van der Waals surface area contributed by atoms with Gasteiger partial charge in [-0.2, -0.15) is 1.33 Å². The quantitative estimate of drug-likeness (QED) is 0.113. The molecule has 0 saturated heterocycles. The molecular weight excluding hydrogens is 676 g/mol. The van der Waals surface area contributed by atoms with Gasteiger partial charge in [0.1, 0.15) is 28.9 Å². The van der Waals surface area contributed by atoms with Crippen LogP contribution in [0.25, 0.3) is 0 Å². The van der Waals surface area contributed by atoms with E-state index in [0.29, 0.717) is 17.9 Å². The number of benzene rings is 3. The first-order chi connectivity index (χ1) is 16.8. The van der Waals surface area contributed by atoms with Gasteiger partial charge in [0.2, 0.25) is 0 Å². The second kappa shape index (κ2) is 13.1. The van der Waals surface area contributed by atoms with E-state index in [-0.39, 0.29) is 30.3 Å². The van der Waals surface area contributed by atoms with Gasteiger partial charge in [-0.15, -0.1) is 0 Å². The number of phenols is 2. The summed E-state index contributed by atoms with van der Waals surface area (Å²) in [6.45, 7) is 1.90. The molecule has 0 spiro atoms. The highest BCUT2D eigenvalue weighted by atomic mass is 127. The van der Waals surface area contributed by atoms with Gasteiger partial charge in [0.15, 0.2) is 5.78 Å². The molecule has 35 heavy (non-hydrogen) atoms. The van der Waals surface area contributed by atoms with E-state index in [4.69, 9.17) is 9.47 Å². The van der Waals surface area contributed by atoms with Crippen LogP contribution in [0.3, 0.4) is 0 Å². The number of Topliss-reactive ketones (excluding diaryl/α,β-unsaturated/α-hetero) is 1. The molecular formula is C26H25I2NO6. The van der Waals surface area contributed by atoms with E-state index in [0.717, 1.165) is 11.1 Å². The van der Waals surface area contributed by atoms with Crippen LogP contribution in [-0.4, -0.2) is 35.9 Å². The summed E-state index contributed by atoms with van der Waals surface area (Å²) in [4.78, 5) is 26.4. The number of aromatic hydroxyl groups is 2. The molecule has 0 unspecified atom stereocenters. The van der Waals surface area contributed by atoms with E-state index < -0.39 is 17.9 Å². The second-order valence-electron chi connectivity index (χ2n) is 7.80. The number of hydrogen-bond acceptors (Lipinski definition) is 7. The molecule has 0 aliphatic heterocycles. The molecule has 0 aromatic heterocycles. The van der Waals surface area contributed by atoms with Crippen LogP contribution in [0.1, 0.15) is 18.1 Å². The van der Waals surface area contributed by atoms with Crippen LogP contribution in [0, 0.1) is 5.92 Å². The third-order valence-corrected chi connectivity index (χ3v) is 6.62. The Morgan fingerprint density at radius 3 is 1.77 bits per heavy atom. The minimum Gasteiger partial charge on any atom is -0.508 e. The van der Waals surface area contributed by atoms with Gasteiger partial charge in [-0.1, -0.05) is 24.3 Å². The van der Waals surface area contributed by atoms with E-state index >= 15 is 0 Å². The minimum absolute atomic E-state index is 0.152. The summed E-state index contributed by atoms with van der Waals surface area (Å²) in [6.07, 6.45) is 0.588. The molecule has 0 amide bonds. The minimum atomic E-state index is -0.965. The highest BCUT2D eigenvalue weighted by molar-refractivity contribution is 14.2. The van der Waals surface area contributed by atoms with Crippen molar-refractivity contribution < 1.29 is 29.3 Å². The molecule has 2 atom stereocenters. The van der Waals surface area contributed by atoms with Crippen LogP contribution in [0.4, 0.5) is 0 Å². The van der Waals surface area contributed by atoms with Crippen molar-refractivity contribution in [1.82, 2.24) is 1.33 Å². The van der Waals surface area contributed by atoms with Crippen LogP contribution in [0.5, 0.6) is 23.0 Å². The number of carbonyl (C=O) groups is 2. The maximum Gasteiger partial charge on any atom is 0.316 e. The van der Waals surface area contributed by atoms with Crippen LogP contribution in [0.15, 0.2) is 72.8 Å². The average molecular weight is 701 g/mol. The third kappa shape index (κ3) is 8.07. The van der Waals surface area contributed by atoms with Crippen molar-refractivity contribution in [3.05, 3.63) is 83.9 Å².